The summed E-state index contributed by atoms with van der Waals surface area (Å²) in [6.07, 6.45) is 0. The second kappa shape index (κ2) is 17.1. The first-order valence-corrected chi connectivity index (χ1v) is 23.2. The summed E-state index contributed by atoms with van der Waals surface area (Å²) in [6.45, 7) is 15.3. The molecule has 318 valence electrons. The van der Waals surface area contributed by atoms with E-state index < -0.39 is 16.8 Å². The third-order valence-corrected chi connectivity index (χ3v) is 13.1. The topological polar surface area (TPSA) is 72.4 Å². The number of ether oxygens (including phenoxy) is 1. The molecule has 0 fully saturated rings. The zero-order valence-corrected chi connectivity index (χ0v) is 38.6. The molecule has 1 unspecified atom stereocenters. The van der Waals surface area contributed by atoms with E-state index >= 15 is 0 Å². The van der Waals surface area contributed by atoms with E-state index in [4.69, 9.17) is 31.2 Å². The van der Waals surface area contributed by atoms with Gasteiger partial charge in [-0.15, -0.1) is 0 Å². The summed E-state index contributed by atoms with van der Waals surface area (Å²) in [4.78, 5) is 0. The van der Waals surface area contributed by atoms with Crippen molar-refractivity contribution in [1.82, 2.24) is 0 Å². The standard InChI is InChI=1S/C54H50O7P2/c1-35-31-43-44-33-40(55-8)34-46(54(5,6)7)52(44)61-63(60-51(43)45(32-35)53(2,3)4)59-48-30-28-37-20-16-18-26-42(37)50(48)49-41-25-17-15-19-36(41)27-29-47(49)58-62(56-38-21-11-9-12-22-38)57-39-23-13-10-14-24-39/h9-34H,1-8H3. The molecule has 9 rings (SSSR count). The van der Waals surface area contributed by atoms with Crippen LogP contribution < -0.4 is 22.8 Å². The van der Waals surface area contributed by atoms with Crippen molar-refractivity contribution in [2.75, 3.05) is 7.11 Å². The van der Waals surface area contributed by atoms with Gasteiger partial charge in [-0.05, 0) is 99.5 Å². The number of hydrogen-bond donors (Lipinski definition) is 0. The van der Waals surface area contributed by atoms with Crippen LogP contribution in [-0.4, -0.2) is 7.11 Å². The van der Waals surface area contributed by atoms with Gasteiger partial charge in [-0.1, -0.05) is 145 Å². The average Bonchev–Trinajstić information content (AvgIpc) is 3.42. The first kappa shape index (κ1) is 41.9. The first-order chi connectivity index (χ1) is 30.3. The van der Waals surface area contributed by atoms with Crippen LogP contribution in [0.1, 0.15) is 58.2 Å². The van der Waals surface area contributed by atoms with E-state index in [1.54, 1.807) is 7.11 Å². The van der Waals surface area contributed by atoms with E-state index in [-0.39, 0.29) is 10.8 Å². The van der Waals surface area contributed by atoms with Gasteiger partial charge in [0, 0.05) is 33.0 Å². The molecule has 0 aliphatic rings. The van der Waals surface area contributed by atoms with Crippen molar-refractivity contribution in [3.05, 3.63) is 174 Å². The molecule has 8 aromatic carbocycles. The Morgan fingerprint density at radius 1 is 0.460 bits per heavy atom. The lowest BCUT2D eigenvalue weighted by molar-refractivity contribution is 0.389. The Morgan fingerprint density at radius 2 is 0.937 bits per heavy atom. The Bertz CT molecular complexity index is 3110. The van der Waals surface area contributed by atoms with Crippen LogP contribution in [0.3, 0.4) is 0 Å². The van der Waals surface area contributed by atoms with Crippen LogP contribution in [0.4, 0.5) is 0 Å². The number of para-hydroxylation sites is 2. The lowest BCUT2D eigenvalue weighted by Crippen LogP contribution is -2.12. The highest BCUT2D eigenvalue weighted by Gasteiger charge is 2.29. The highest BCUT2D eigenvalue weighted by molar-refractivity contribution is 7.43. The van der Waals surface area contributed by atoms with Gasteiger partial charge in [-0.3, -0.25) is 0 Å². The largest absolute Gasteiger partial charge is 0.530 e. The monoisotopic (exact) mass is 872 g/mol. The van der Waals surface area contributed by atoms with Gasteiger partial charge in [0.25, 0.3) is 0 Å². The van der Waals surface area contributed by atoms with E-state index in [9.17, 15) is 0 Å². The highest BCUT2D eigenvalue weighted by Crippen LogP contribution is 2.53. The summed E-state index contributed by atoms with van der Waals surface area (Å²) in [5, 5.41) is 5.81. The van der Waals surface area contributed by atoms with Crippen LogP contribution in [0.5, 0.6) is 28.7 Å². The second-order valence-electron chi connectivity index (χ2n) is 17.7. The van der Waals surface area contributed by atoms with Crippen LogP contribution in [-0.2, 0) is 10.8 Å². The predicted octanol–water partition coefficient (Wildman–Crippen LogP) is 16.8. The van der Waals surface area contributed by atoms with Crippen molar-refractivity contribution in [3.63, 3.8) is 0 Å². The molecule has 1 atom stereocenters. The van der Waals surface area contributed by atoms with Gasteiger partial charge in [0.05, 0.1) is 7.11 Å². The minimum absolute atomic E-state index is 0.265. The number of methoxy groups -OCH3 is 1. The Balaban J connectivity index is 1.31. The molecule has 0 bridgehead atoms. The SMILES string of the molecule is COc1cc(C(C)(C)C)c2op(Oc3ccc4ccccc4c3-c3c(OP(Oc4ccccc4)Oc4ccccc4)ccc4ccccc34)oc3c(C(C)(C)C)cc(C)cc3c2c1. The number of hydrogen-bond acceptors (Lipinski definition) is 7. The molecule has 0 aliphatic carbocycles. The molecular formula is C54H50O7P2. The zero-order chi connectivity index (χ0) is 43.9. The Morgan fingerprint density at radius 3 is 1.48 bits per heavy atom. The third-order valence-electron chi connectivity index (χ3n) is 11.0. The molecule has 1 heterocycles. The zero-order valence-electron chi connectivity index (χ0n) is 36.8. The van der Waals surface area contributed by atoms with Gasteiger partial charge in [0.15, 0.2) is 0 Å². The van der Waals surface area contributed by atoms with Gasteiger partial charge in [0.1, 0.15) is 39.9 Å². The van der Waals surface area contributed by atoms with Gasteiger partial charge < -0.3 is 31.2 Å². The van der Waals surface area contributed by atoms with Gasteiger partial charge in [-0.2, -0.15) is 0 Å². The summed E-state index contributed by atoms with van der Waals surface area (Å²) in [7, 11) is -2.44. The van der Waals surface area contributed by atoms with E-state index in [1.807, 2.05) is 103 Å². The third kappa shape index (κ3) is 8.69. The molecule has 0 radical (unpaired) electrons. The van der Waals surface area contributed by atoms with Crippen molar-refractivity contribution in [3.8, 4) is 39.9 Å². The van der Waals surface area contributed by atoms with Crippen molar-refractivity contribution < 1.29 is 31.2 Å². The maximum absolute atomic E-state index is 7.24. The fourth-order valence-corrected chi connectivity index (χ4v) is 10.1. The molecule has 63 heavy (non-hydrogen) atoms. The fourth-order valence-electron chi connectivity index (χ4n) is 7.93. The number of aryl methyl sites for hydroxylation is 1. The molecule has 0 saturated carbocycles. The minimum Gasteiger partial charge on any atom is -0.497 e. The summed E-state index contributed by atoms with van der Waals surface area (Å²) < 4.78 is 47.3. The molecule has 1 aromatic heterocycles. The maximum atomic E-state index is 7.24. The number of rotatable bonds is 10. The normalized spacial score (nSPS) is 12.2. The van der Waals surface area contributed by atoms with Crippen molar-refractivity contribution in [2.45, 2.75) is 59.3 Å². The highest BCUT2D eigenvalue weighted by atomic mass is 31.2. The van der Waals surface area contributed by atoms with Crippen LogP contribution in [0.15, 0.2) is 166 Å². The summed E-state index contributed by atoms with van der Waals surface area (Å²) >= 11 is 0. The van der Waals surface area contributed by atoms with Crippen molar-refractivity contribution in [1.29, 1.82) is 0 Å². The van der Waals surface area contributed by atoms with E-state index in [2.05, 4.69) is 103 Å². The molecule has 9 aromatic rings. The van der Waals surface area contributed by atoms with Crippen LogP contribution in [0.25, 0.3) is 54.6 Å². The average molecular weight is 873 g/mol. The van der Waals surface area contributed by atoms with Gasteiger partial charge in [0.2, 0.25) is 0 Å². The Kier molecular flexibility index (Phi) is 11.4. The van der Waals surface area contributed by atoms with Crippen molar-refractivity contribution >= 4 is 60.3 Å². The van der Waals surface area contributed by atoms with Gasteiger partial charge in [-0.25, -0.2) is 0 Å². The molecule has 0 spiro atoms. The Hall–Kier alpha value is -6.39. The molecule has 0 saturated heterocycles. The molecule has 0 aliphatic heterocycles. The quantitative estimate of drug-likeness (QED) is 0.127. The van der Waals surface area contributed by atoms with Gasteiger partial charge >= 0.3 is 16.8 Å². The van der Waals surface area contributed by atoms with E-state index in [0.717, 1.165) is 71.5 Å². The van der Waals surface area contributed by atoms with E-state index in [0.29, 0.717) is 28.6 Å². The number of benzene rings is 8. The predicted molar refractivity (Wildman–Crippen MR) is 260 cm³/mol. The summed E-state index contributed by atoms with van der Waals surface area (Å²) in [5.41, 5.74) is 5.65. The summed E-state index contributed by atoms with van der Waals surface area (Å²) in [6, 6.07) is 52.4. The minimum atomic E-state index is -2.12. The maximum Gasteiger partial charge on any atom is 0.530 e. The second-order valence-corrected chi connectivity index (χ2v) is 19.7. The summed E-state index contributed by atoms with van der Waals surface area (Å²) in [5.74, 6) is 3.12. The van der Waals surface area contributed by atoms with Crippen molar-refractivity contribution in [2.24, 2.45) is 0 Å². The molecule has 9 heteroatoms. The fraction of sp³-hybridized carbons (Fsp3) is 0.185. The molecule has 0 amide bonds. The molecule has 0 N–H and O–H groups in total. The lowest BCUT2D eigenvalue weighted by Gasteiger charge is -2.22. The van der Waals surface area contributed by atoms with Crippen LogP contribution in [0.2, 0.25) is 0 Å². The first-order valence-electron chi connectivity index (χ1n) is 21.0. The smallest absolute Gasteiger partial charge is 0.497 e. The Labute approximate surface area is 370 Å². The van der Waals surface area contributed by atoms with Crippen LogP contribution in [0, 0.1) is 6.92 Å². The lowest BCUT2D eigenvalue weighted by atomic mass is 9.83. The molecular weight excluding hydrogens is 823 g/mol. The molecule has 7 nitrogen and oxygen atoms in total. The number of fused-ring (bicyclic) bond motifs is 5. The van der Waals surface area contributed by atoms with E-state index in [1.165, 1.54) is 0 Å². The van der Waals surface area contributed by atoms with Crippen LogP contribution >= 0.6 is 16.8 Å².